The summed E-state index contributed by atoms with van der Waals surface area (Å²) in [7, 11) is 1.77. The Labute approximate surface area is 133 Å². The van der Waals surface area contributed by atoms with Crippen LogP contribution in [0.4, 0.5) is 5.82 Å². The Kier molecular flexibility index (Phi) is 4.09. The Morgan fingerprint density at radius 1 is 1.22 bits per heavy atom. The molecule has 0 saturated carbocycles. The minimum absolute atomic E-state index is 0.115. The predicted octanol–water partition coefficient (Wildman–Crippen LogP) is 1.93. The lowest BCUT2D eigenvalue weighted by Crippen LogP contribution is -2.21. The number of aryl methyl sites for hydroxylation is 2. The zero-order chi connectivity index (χ0) is 16.2. The van der Waals surface area contributed by atoms with E-state index in [2.05, 4.69) is 15.5 Å². The number of benzene rings is 1. The van der Waals surface area contributed by atoms with Crippen LogP contribution in [0.3, 0.4) is 0 Å². The first-order chi connectivity index (χ1) is 11.1. The average molecular weight is 311 g/mol. The molecule has 0 unspecified atom stereocenters. The summed E-state index contributed by atoms with van der Waals surface area (Å²) < 4.78 is 8.72. The fraction of sp³-hybridized carbons (Fsp3) is 0.188. The van der Waals surface area contributed by atoms with Crippen molar-refractivity contribution in [3.05, 3.63) is 54.4 Å². The van der Waals surface area contributed by atoms with Gasteiger partial charge in [0.05, 0.1) is 11.4 Å². The number of rotatable bonds is 5. The standard InChI is InChI=1S/C16H17N5O2/c1-12-10-14(20(2)18-12)17-15(22)11-23-16-8-9-21(19-16)13-6-4-3-5-7-13/h3-10H,11H2,1-2H3,(H,17,22). The van der Waals surface area contributed by atoms with Crippen molar-refractivity contribution in [3.63, 3.8) is 0 Å². The van der Waals surface area contributed by atoms with Gasteiger partial charge in [0.2, 0.25) is 5.88 Å². The Morgan fingerprint density at radius 3 is 2.70 bits per heavy atom. The molecule has 0 saturated heterocycles. The fourth-order valence-electron chi connectivity index (χ4n) is 2.15. The lowest BCUT2D eigenvalue weighted by Gasteiger charge is -2.05. The van der Waals surface area contributed by atoms with Crippen molar-refractivity contribution in [2.45, 2.75) is 6.92 Å². The topological polar surface area (TPSA) is 74.0 Å². The highest BCUT2D eigenvalue weighted by atomic mass is 16.5. The molecule has 0 aliphatic heterocycles. The number of hydrogen-bond donors (Lipinski definition) is 1. The number of carbonyl (C=O) groups is 1. The molecule has 2 heterocycles. The van der Waals surface area contributed by atoms with Crippen LogP contribution in [0.5, 0.6) is 5.88 Å². The predicted molar refractivity (Wildman–Crippen MR) is 85.6 cm³/mol. The summed E-state index contributed by atoms with van der Waals surface area (Å²) in [6, 6.07) is 13.2. The first kappa shape index (κ1) is 14.8. The molecule has 7 heteroatoms. The zero-order valence-corrected chi connectivity index (χ0v) is 12.9. The van der Waals surface area contributed by atoms with Crippen LogP contribution in [0.25, 0.3) is 5.69 Å². The van der Waals surface area contributed by atoms with Crippen LogP contribution in [0.2, 0.25) is 0 Å². The van der Waals surface area contributed by atoms with Gasteiger partial charge < -0.3 is 10.1 Å². The molecular formula is C16H17N5O2. The third kappa shape index (κ3) is 3.57. The summed E-state index contributed by atoms with van der Waals surface area (Å²) in [5.74, 6) is 0.762. The summed E-state index contributed by atoms with van der Waals surface area (Å²) >= 11 is 0. The molecule has 0 fully saturated rings. The molecule has 0 spiro atoms. The van der Waals surface area contributed by atoms with Gasteiger partial charge in [-0.1, -0.05) is 18.2 Å². The Bertz CT molecular complexity index is 807. The number of nitrogens with zero attached hydrogens (tertiary/aromatic N) is 4. The Hall–Kier alpha value is -3.09. The van der Waals surface area contributed by atoms with Gasteiger partial charge in [-0.15, -0.1) is 5.10 Å². The van der Waals surface area contributed by atoms with Gasteiger partial charge >= 0.3 is 0 Å². The summed E-state index contributed by atoms with van der Waals surface area (Å²) in [5.41, 5.74) is 1.77. The number of amides is 1. The number of aromatic nitrogens is 4. The molecule has 1 aromatic carbocycles. The fourth-order valence-corrected chi connectivity index (χ4v) is 2.15. The monoisotopic (exact) mass is 311 g/mol. The molecule has 0 aliphatic carbocycles. The van der Waals surface area contributed by atoms with Crippen LogP contribution >= 0.6 is 0 Å². The summed E-state index contributed by atoms with van der Waals surface area (Å²) in [4.78, 5) is 11.9. The Balaban J connectivity index is 1.57. The number of hydrogen-bond acceptors (Lipinski definition) is 4. The largest absolute Gasteiger partial charge is 0.466 e. The third-order valence-corrected chi connectivity index (χ3v) is 3.21. The molecule has 118 valence electrons. The second kappa shape index (κ2) is 6.35. The maximum Gasteiger partial charge on any atom is 0.263 e. The number of nitrogens with one attached hydrogen (secondary N) is 1. The van der Waals surface area contributed by atoms with E-state index < -0.39 is 0 Å². The van der Waals surface area contributed by atoms with Crippen LogP contribution in [0.1, 0.15) is 5.69 Å². The lowest BCUT2D eigenvalue weighted by atomic mass is 10.3. The highest BCUT2D eigenvalue weighted by Crippen LogP contribution is 2.12. The average Bonchev–Trinajstić information content (AvgIpc) is 3.13. The smallest absolute Gasteiger partial charge is 0.263 e. The summed E-state index contributed by atoms with van der Waals surface area (Å²) in [6.07, 6.45) is 1.78. The van der Waals surface area contributed by atoms with Gasteiger partial charge in [-0.3, -0.25) is 9.48 Å². The molecular weight excluding hydrogens is 294 g/mol. The first-order valence-electron chi connectivity index (χ1n) is 7.16. The van der Waals surface area contributed by atoms with E-state index in [4.69, 9.17) is 4.74 Å². The van der Waals surface area contributed by atoms with Gasteiger partial charge in [-0.25, -0.2) is 4.68 Å². The van der Waals surface area contributed by atoms with Crippen molar-refractivity contribution in [3.8, 4) is 11.6 Å². The third-order valence-electron chi connectivity index (χ3n) is 3.21. The normalized spacial score (nSPS) is 10.5. The van der Waals surface area contributed by atoms with E-state index in [1.165, 1.54) is 0 Å². The van der Waals surface area contributed by atoms with Gasteiger partial charge in [-0.2, -0.15) is 5.10 Å². The van der Waals surface area contributed by atoms with E-state index in [1.54, 1.807) is 34.7 Å². The molecule has 0 radical (unpaired) electrons. The second-order valence-corrected chi connectivity index (χ2v) is 5.07. The van der Waals surface area contributed by atoms with Crippen molar-refractivity contribution in [1.82, 2.24) is 19.6 Å². The maximum atomic E-state index is 11.9. The first-order valence-corrected chi connectivity index (χ1v) is 7.16. The number of ether oxygens (including phenoxy) is 1. The number of para-hydroxylation sites is 1. The summed E-state index contributed by atoms with van der Waals surface area (Å²) in [6.45, 7) is 1.75. The Morgan fingerprint density at radius 2 is 2.00 bits per heavy atom. The van der Waals surface area contributed by atoms with Gasteiger partial charge in [-0.05, 0) is 19.1 Å². The quantitative estimate of drug-likeness (QED) is 0.781. The van der Waals surface area contributed by atoms with E-state index in [9.17, 15) is 4.79 Å². The summed E-state index contributed by atoms with van der Waals surface area (Å²) in [5, 5.41) is 11.2. The van der Waals surface area contributed by atoms with Crippen LogP contribution in [0.15, 0.2) is 48.7 Å². The van der Waals surface area contributed by atoms with Crippen molar-refractivity contribution in [2.24, 2.45) is 7.05 Å². The van der Waals surface area contributed by atoms with E-state index in [-0.39, 0.29) is 12.5 Å². The van der Waals surface area contributed by atoms with E-state index >= 15 is 0 Å². The molecule has 0 atom stereocenters. The lowest BCUT2D eigenvalue weighted by molar-refractivity contribution is -0.118. The van der Waals surface area contributed by atoms with Crippen molar-refractivity contribution in [1.29, 1.82) is 0 Å². The molecule has 3 rings (SSSR count). The van der Waals surface area contributed by atoms with Gasteiger partial charge in [0.1, 0.15) is 5.82 Å². The minimum atomic E-state index is -0.262. The van der Waals surface area contributed by atoms with E-state index in [0.29, 0.717) is 11.7 Å². The van der Waals surface area contributed by atoms with Gasteiger partial charge in [0.25, 0.3) is 5.91 Å². The molecule has 23 heavy (non-hydrogen) atoms. The van der Waals surface area contributed by atoms with E-state index in [0.717, 1.165) is 11.4 Å². The molecule has 3 aromatic rings. The SMILES string of the molecule is Cc1cc(NC(=O)COc2ccn(-c3ccccc3)n2)n(C)n1. The van der Waals surface area contributed by atoms with Crippen LogP contribution < -0.4 is 10.1 Å². The maximum absolute atomic E-state index is 11.9. The van der Waals surface area contributed by atoms with Crippen LogP contribution in [0, 0.1) is 6.92 Å². The van der Waals surface area contributed by atoms with Gasteiger partial charge in [0.15, 0.2) is 6.61 Å². The van der Waals surface area contributed by atoms with Crippen molar-refractivity contribution >= 4 is 11.7 Å². The number of anilines is 1. The molecule has 1 amide bonds. The number of carbonyl (C=O) groups excluding carboxylic acids is 1. The van der Waals surface area contributed by atoms with Crippen LogP contribution in [-0.2, 0) is 11.8 Å². The van der Waals surface area contributed by atoms with Crippen molar-refractivity contribution < 1.29 is 9.53 Å². The second-order valence-electron chi connectivity index (χ2n) is 5.07. The highest BCUT2D eigenvalue weighted by Gasteiger charge is 2.09. The highest BCUT2D eigenvalue weighted by molar-refractivity contribution is 5.91. The molecule has 2 aromatic heterocycles. The molecule has 0 aliphatic rings. The molecule has 1 N–H and O–H groups in total. The van der Waals surface area contributed by atoms with Crippen molar-refractivity contribution in [2.75, 3.05) is 11.9 Å². The zero-order valence-electron chi connectivity index (χ0n) is 12.9. The van der Waals surface area contributed by atoms with E-state index in [1.807, 2.05) is 37.3 Å². The minimum Gasteiger partial charge on any atom is -0.466 e. The van der Waals surface area contributed by atoms with Crippen LogP contribution in [-0.4, -0.2) is 32.1 Å². The molecule has 0 bridgehead atoms. The van der Waals surface area contributed by atoms with Gasteiger partial charge in [0, 0.05) is 25.4 Å². The molecule has 7 nitrogen and oxygen atoms in total.